The van der Waals surface area contributed by atoms with Crippen LogP contribution in [0.1, 0.15) is 28.5 Å². The number of aromatic nitrogens is 6. The number of rotatable bonds is 4. The molecule has 0 aromatic carbocycles. The predicted octanol–water partition coefficient (Wildman–Crippen LogP) is -0.424. The van der Waals surface area contributed by atoms with E-state index in [0.29, 0.717) is 38.2 Å². The molecule has 0 spiro atoms. The molecule has 150 valence electrons. The van der Waals surface area contributed by atoms with E-state index in [1.807, 2.05) is 12.1 Å². The molecule has 0 radical (unpaired) electrons. The van der Waals surface area contributed by atoms with Crippen LogP contribution in [0.2, 0.25) is 0 Å². The van der Waals surface area contributed by atoms with Gasteiger partial charge in [0.25, 0.3) is 5.56 Å². The van der Waals surface area contributed by atoms with E-state index in [1.165, 1.54) is 0 Å². The highest BCUT2D eigenvalue weighted by Crippen LogP contribution is 2.14. The van der Waals surface area contributed by atoms with Crippen LogP contribution in [0.15, 0.2) is 34.1 Å². The quantitative estimate of drug-likeness (QED) is 0.617. The van der Waals surface area contributed by atoms with Crippen molar-refractivity contribution in [2.45, 2.75) is 32.7 Å². The van der Waals surface area contributed by atoms with Gasteiger partial charge in [-0.05, 0) is 18.6 Å². The first kappa shape index (κ1) is 18.8. The van der Waals surface area contributed by atoms with Crippen LogP contribution in [-0.4, -0.2) is 53.6 Å². The zero-order chi connectivity index (χ0) is 20.4. The lowest BCUT2D eigenvalue weighted by molar-refractivity contribution is -0.130. The fourth-order valence-electron chi connectivity index (χ4n) is 3.55. The standard InChI is InChI=1S/C19H21N7O3/c1-12-14(18(28)22-19(29)21-12)10-17(27)25-6-4-15-23-24-16(26(15)8-7-25)9-13-3-2-5-20-11-13/h2-3,5,11H,4,6-10H2,1H3,(H2,21,22,28,29). The summed E-state index contributed by atoms with van der Waals surface area (Å²) in [5.41, 5.74) is 0.656. The fourth-order valence-corrected chi connectivity index (χ4v) is 3.55. The smallest absolute Gasteiger partial charge is 0.325 e. The highest BCUT2D eigenvalue weighted by molar-refractivity contribution is 5.79. The molecule has 1 aliphatic rings. The average molecular weight is 395 g/mol. The minimum atomic E-state index is -0.572. The summed E-state index contributed by atoms with van der Waals surface area (Å²) < 4.78 is 2.05. The first-order valence-corrected chi connectivity index (χ1v) is 9.41. The lowest BCUT2D eigenvalue weighted by atomic mass is 10.1. The Morgan fingerprint density at radius 2 is 2.03 bits per heavy atom. The van der Waals surface area contributed by atoms with Crippen molar-refractivity contribution in [2.75, 3.05) is 13.1 Å². The second-order valence-electron chi connectivity index (χ2n) is 7.04. The van der Waals surface area contributed by atoms with E-state index in [2.05, 4.69) is 29.7 Å². The minimum Gasteiger partial charge on any atom is -0.340 e. The Hall–Kier alpha value is -3.56. The number of aromatic amines is 2. The summed E-state index contributed by atoms with van der Waals surface area (Å²) in [4.78, 5) is 46.7. The predicted molar refractivity (Wildman–Crippen MR) is 103 cm³/mol. The van der Waals surface area contributed by atoms with Crippen LogP contribution in [0, 0.1) is 6.92 Å². The number of carbonyl (C=O) groups excluding carboxylic acids is 1. The maximum atomic E-state index is 12.8. The Morgan fingerprint density at radius 1 is 1.17 bits per heavy atom. The van der Waals surface area contributed by atoms with Gasteiger partial charge in [-0.2, -0.15) is 0 Å². The van der Waals surface area contributed by atoms with Gasteiger partial charge in [0.05, 0.1) is 6.42 Å². The van der Waals surface area contributed by atoms with Crippen molar-refractivity contribution < 1.29 is 4.79 Å². The Labute approximate surface area is 165 Å². The van der Waals surface area contributed by atoms with Gasteiger partial charge in [0, 0.05) is 56.1 Å². The number of nitrogens with zero attached hydrogens (tertiary/aromatic N) is 5. The topological polar surface area (TPSA) is 130 Å². The summed E-state index contributed by atoms with van der Waals surface area (Å²) in [6.07, 6.45) is 4.69. The molecule has 10 nitrogen and oxygen atoms in total. The second kappa shape index (κ2) is 7.82. The van der Waals surface area contributed by atoms with Crippen molar-refractivity contribution in [2.24, 2.45) is 0 Å². The number of H-pyrrole nitrogens is 2. The van der Waals surface area contributed by atoms with E-state index in [-0.39, 0.29) is 17.9 Å². The van der Waals surface area contributed by atoms with Gasteiger partial charge in [0.2, 0.25) is 5.91 Å². The third kappa shape index (κ3) is 4.00. The van der Waals surface area contributed by atoms with Crippen LogP contribution in [0.25, 0.3) is 0 Å². The van der Waals surface area contributed by atoms with E-state index in [1.54, 1.807) is 24.2 Å². The van der Waals surface area contributed by atoms with Crippen LogP contribution >= 0.6 is 0 Å². The molecular weight excluding hydrogens is 374 g/mol. The van der Waals surface area contributed by atoms with Crippen LogP contribution < -0.4 is 11.2 Å². The first-order chi connectivity index (χ1) is 14.0. The van der Waals surface area contributed by atoms with Crippen molar-refractivity contribution in [3.63, 3.8) is 0 Å². The molecule has 0 aliphatic carbocycles. The Kier molecular flexibility index (Phi) is 5.07. The summed E-state index contributed by atoms with van der Waals surface area (Å²) in [6.45, 7) is 3.21. The number of amides is 1. The number of nitrogens with one attached hydrogen (secondary N) is 2. The summed E-state index contributed by atoms with van der Waals surface area (Å²) in [5.74, 6) is 1.53. The Balaban J connectivity index is 1.47. The molecule has 1 aliphatic heterocycles. The number of hydrogen-bond donors (Lipinski definition) is 2. The molecule has 29 heavy (non-hydrogen) atoms. The molecule has 10 heteroatoms. The first-order valence-electron chi connectivity index (χ1n) is 9.41. The van der Waals surface area contributed by atoms with E-state index >= 15 is 0 Å². The van der Waals surface area contributed by atoms with Crippen molar-refractivity contribution in [3.05, 3.63) is 73.8 Å². The monoisotopic (exact) mass is 395 g/mol. The van der Waals surface area contributed by atoms with Crippen molar-refractivity contribution in [1.82, 2.24) is 34.6 Å². The summed E-state index contributed by atoms with van der Waals surface area (Å²) in [7, 11) is 0. The largest absolute Gasteiger partial charge is 0.340 e. The van der Waals surface area contributed by atoms with E-state index in [9.17, 15) is 14.4 Å². The highest BCUT2D eigenvalue weighted by atomic mass is 16.2. The molecule has 0 saturated heterocycles. The number of pyridine rings is 1. The van der Waals surface area contributed by atoms with Gasteiger partial charge < -0.3 is 14.5 Å². The van der Waals surface area contributed by atoms with Gasteiger partial charge in [0.1, 0.15) is 11.6 Å². The zero-order valence-corrected chi connectivity index (χ0v) is 16.0. The van der Waals surface area contributed by atoms with Crippen molar-refractivity contribution >= 4 is 5.91 Å². The van der Waals surface area contributed by atoms with Gasteiger partial charge in [-0.25, -0.2) is 4.79 Å². The molecule has 0 bridgehead atoms. The minimum absolute atomic E-state index is 0.0545. The zero-order valence-electron chi connectivity index (χ0n) is 16.0. The van der Waals surface area contributed by atoms with E-state index < -0.39 is 11.2 Å². The van der Waals surface area contributed by atoms with Crippen molar-refractivity contribution in [3.8, 4) is 0 Å². The molecule has 0 saturated carbocycles. The molecule has 0 atom stereocenters. The lowest BCUT2D eigenvalue weighted by Crippen LogP contribution is -2.37. The average Bonchev–Trinajstić information content (AvgIpc) is 2.93. The van der Waals surface area contributed by atoms with Crippen LogP contribution in [-0.2, 0) is 30.6 Å². The number of fused-ring (bicyclic) bond motifs is 1. The summed E-state index contributed by atoms with van der Waals surface area (Å²) in [6, 6.07) is 3.88. The van der Waals surface area contributed by atoms with Gasteiger partial charge in [-0.15, -0.1) is 10.2 Å². The van der Waals surface area contributed by atoms with E-state index in [0.717, 1.165) is 17.2 Å². The summed E-state index contributed by atoms with van der Waals surface area (Å²) >= 11 is 0. The fraction of sp³-hybridized carbons (Fsp3) is 0.368. The maximum absolute atomic E-state index is 12.8. The lowest BCUT2D eigenvalue weighted by Gasteiger charge is -2.20. The van der Waals surface area contributed by atoms with Crippen molar-refractivity contribution in [1.29, 1.82) is 0 Å². The molecule has 1 amide bonds. The van der Waals surface area contributed by atoms with Crippen LogP contribution in [0.3, 0.4) is 0 Å². The molecule has 0 unspecified atom stereocenters. The van der Waals surface area contributed by atoms with Gasteiger partial charge in [-0.3, -0.25) is 19.6 Å². The maximum Gasteiger partial charge on any atom is 0.325 e. The molecule has 3 aromatic heterocycles. The third-order valence-electron chi connectivity index (χ3n) is 5.12. The SMILES string of the molecule is Cc1[nH]c(=O)[nH]c(=O)c1CC(=O)N1CCc2nnc(Cc3cccnc3)n2CC1. The van der Waals surface area contributed by atoms with Crippen LogP contribution in [0.5, 0.6) is 0 Å². The van der Waals surface area contributed by atoms with E-state index in [4.69, 9.17) is 0 Å². The molecule has 4 rings (SSSR count). The van der Waals surface area contributed by atoms with Crippen LogP contribution in [0.4, 0.5) is 0 Å². The summed E-state index contributed by atoms with van der Waals surface area (Å²) in [5, 5.41) is 8.59. The van der Waals surface area contributed by atoms with Gasteiger partial charge >= 0.3 is 5.69 Å². The highest BCUT2D eigenvalue weighted by Gasteiger charge is 2.23. The van der Waals surface area contributed by atoms with Gasteiger partial charge in [0.15, 0.2) is 0 Å². The van der Waals surface area contributed by atoms with Gasteiger partial charge in [-0.1, -0.05) is 6.07 Å². The molecule has 4 heterocycles. The molecule has 2 N–H and O–H groups in total. The Bertz CT molecular complexity index is 1150. The molecular formula is C19H21N7O3. The Morgan fingerprint density at radius 3 is 2.79 bits per heavy atom. The molecule has 0 fully saturated rings. The molecule has 3 aromatic rings. The normalized spacial score (nSPS) is 13.8. The second-order valence-corrected chi connectivity index (χ2v) is 7.04. The third-order valence-corrected chi connectivity index (χ3v) is 5.12. The number of hydrogen-bond acceptors (Lipinski definition) is 6. The number of aryl methyl sites for hydroxylation is 1. The number of carbonyl (C=O) groups is 1.